The Morgan fingerprint density at radius 3 is 2.26 bits per heavy atom. The maximum Gasteiger partial charge on any atom is 0.264 e. The predicted octanol–water partition coefficient (Wildman–Crippen LogP) is 6.33. The van der Waals surface area contributed by atoms with Gasteiger partial charge in [0, 0.05) is 24.5 Å². The smallest absolute Gasteiger partial charge is 0.264 e. The maximum atomic E-state index is 14.6. The maximum absolute atomic E-state index is 14.6. The summed E-state index contributed by atoms with van der Waals surface area (Å²) in [7, 11) is -2.68. The Kier molecular flexibility index (Phi) is 11.8. The number of rotatable bonds is 14. The Bertz CT molecular complexity index is 1750. The Balaban J connectivity index is 1.83. The van der Waals surface area contributed by atoms with E-state index in [-0.39, 0.29) is 29.5 Å². The number of methoxy groups -OCH3 is 1. The molecule has 2 amide bonds. The first-order valence-corrected chi connectivity index (χ1v) is 16.9. The lowest BCUT2D eigenvalue weighted by Crippen LogP contribution is -2.53. The number of carbonyl (C=O) groups is 2. The number of nitrogens with zero attached hydrogens (tertiary/aromatic N) is 2. The fourth-order valence-electron chi connectivity index (χ4n) is 5.09. The molecule has 0 unspecified atom stereocenters. The molecule has 8 nitrogen and oxygen atoms in total. The highest BCUT2D eigenvalue weighted by molar-refractivity contribution is 7.92. The van der Waals surface area contributed by atoms with Crippen LogP contribution in [0.5, 0.6) is 5.75 Å². The summed E-state index contributed by atoms with van der Waals surface area (Å²) in [5.74, 6) is -0.280. The van der Waals surface area contributed by atoms with Gasteiger partial charge in [-0.05, 0) is 73.4 Å². The van der Waals surface area contributed by atoms with Crippen LogP contribution in [0.1, 0.15) is 35.6 Å². The second-order valence-electron chi connectivity index (χ2n) is 11.1. The van der Waals surface area contributed by atoms with Gasteiger partial charge in [-0.3, -0.25) is 13.9 Å². The first-order valence-electron chi connectivity index (χ1n) is 15.1. The summed E-state index contributed by atoms with van der Waals surface area (Å²) < 4.78 is 35.0. The summed E-state index contributed by atoms with van der Waals surface area (Å²) in [5.41, 5.74) is 3.37. The number of ether oxygens (including phenoxy) is 1. The first kappa shape index (κ1) is 34.5. The summed E-state index contributed by atoms with van der Waals surface area (Å²) in [6, 6.07) is 27.1. The SMILES string of the molecule is CCCNC(=O)[C@@H](Cc1ccccc1)N(Cc1cccc(OC)c1)C(=O)CN(c1cc(Cl)ccc1C)S(=O)(=O)c1ccc(C)cc1. The van der Waals surface area contributed by atoms with Crippen LogP contribution in [0.3, 0.4) is 0 Å². The van der Waals surface area contributed by atoms with E-state index in [1.807, 2.05) is 56.3 Å². The summed E-state index contributed by atoms with van der Waals surface area (Å²) in [6.45, 7) is 5.49. The number of hydrogen-bond donors (Lipinski definition) is 1. The number of halogens is 1. The van der Waals surface area contributed by atoms with Crippen LogP contribution in [0, 0.1) is 13.8 Å². The van der Waals surface area contributed by atoms with E-state index in [0.29, 0.717) is 29.3 Å². The van der Waals surface area contributed by atoms with E-state index in [1.54, 1.807) is 50.4 Å². The number of aryl methyl sites for hydroxylation is 2. The van der Waals surface area contributed by atoms with Crippen LogP contribution in [0.25, 0.3) is 0 Å². The zero-order valence-electron chi connectivity index (χ0n) is 26.6. The van der Waals surface area contributed by atoms with E-state index in [4.69, 9.17) is 16.3 Å². The van der Waals surface area contributed by atoms with Gasteiger partial charge in [0.05, 0.1) is 17.7 Å². The van der Waals surface area contributed by atoms with Gasteiger partial charge in [-0.25, -0.2) is 8.42 Å². The Hall–Kier alpha value is -4.34. The minimum Gasteiger partial charge on any atom is -0.497 e. The lowest BCUT2D eigenvalue weighted by molar-refractivity contribution is -0.140. The second kappa shape index (κ2) is 15.8. The van der Waals surface area contributed by atoms with Gasteiger partial charge in [0.25, 0.3) is 10.0 Å². The molecule has 0 saturated carbocycles. The quantitative estimate of drug-likeness (QED) is 0.171. The van der Waals surface area contributed by atoms with Crippen LogP contribution in [-0.4, -0.2) is 51.4 Å². The Labute approximate surface area is 277 Å². The van der Waals surface area contributed by atoms with Crippen LogP contribution in [0.2, 0.25) is 5.02 Å². The molecular weight excluding hydrogens is 622 g/mol. The van der Waals surface area contributed by atoms with Gasteiger partial charge in [0.15, 0.2) is 0 Å². The normalized spacial score (nSPS) is 11.8. The molecule has 1 atom stereocenters. The molecule has 10 heteroatoms. The summed E-state index contributed by atoms with van der Waals surface area (Å²) in [6.07, 6.45) is 0.942. The van der Waals surface area contributed by atoms with Gasteiger partial charge in [-0.15, -0.1) is 0 Å². The lowest BCUT2D eigenvalue weighted by atomic mass is 10.0. The molecule has 4 rings (SSSR count). The molecule has 0 aromatic heterocycles. The van der Waals surface area contributed by atoms with Crippen molar-refractivity contribution in [3.05, 3.63) is 124 Å². The van der Waals surface area contributed by atoms with E-state index in [0.717, 1.165) is 21.0 Å². The van der Waals surface area contributed by atoms with E-state index in [1.165, 1.54) is 23.1 Å². The minimum absolute atomic E-state index is 0.0335. The van der Waals surface area contributed by atoms with Crippen molar-refractivity contribution in [3.63, 3.8) is 0 Å². The van der Waals surface area contributed by atoms with Gasteiger partial charge < -0.3 is 15.0 Å². The number of anilines is 1. The molecule has 0 heterocycles. The van der Waals surface area contributed by atoms with Crippen molar-refractivity contribution < 1.29 is 22.7 Å². The van der Waals surface area contributed by atoms with Crippen molar-refractivity contribution in [3.8, 4) is 5.75 Å². The largest absolute Gasteiger partial charge is 0.497 e. The number of benzene rings is 4. The third-order valence-electron chi connectivity index (χ3n) is 7.64. The van der Waals surface area contributed by atoms with E-state index >= 15 is 0 Å². The molecule has 4 aromatic carbocycles. The van der Waals surface area contributed by atoms with Crippen LogP contribution in [-0.2, 0) is 32.6 Å². The highest BCUT2D eigenvalue weighted by Crippen LogP contribution is 2.30. The fraction of sp³-hybridized carbons (Fsp3) is 0.278. The highest BCUT2D eigenvalue weighted by Gasteiger charge is 2.35. The Morgan fingerprint density at radius 2 is 1.59 bits per heavy atom. The number of nitrogens with one attached hydrogen (secondary N) is 1. The zero-order valence-corrected chi connectivity index (χ0v) is 28.1. The average Bonchev–Trinajstić information content (AvgIpc) is 3.05. The molecule has 242 valence electrons. The Morgan fingerprint density at radius 1 is 0.891 bits per heavy atom. The monoisotopic (exact) mass is 661 g/mol. The van der Waals surface area contributed by atoms with Crippen LogP contribution >= 0.6 is 11.6 Å². The van der Waals surface area contributed by atoms with Gasteiger partial charge >= 0.3 is 0 Å². The molecule has 0 bridgehead atoms. The second-order valence-corrected chi connectivity index (χ2v) is 13.4. The molecule has 4 aromatic rings. The van der Waals surface area contributed by atoms with E-state index < -0.39 is 28.5 Å². The minimum atomic E-state index is -4.23. The summed E-state index contributed by atoms with van der Waals surface area (Å²) >= 11 is 6.36. The number of sulfonamides is 1. The number of carbonyl (C=O) groups excluding carboxylic acids is 2. The lowest BCUT2D eigenvalue weighted by Gasteiger charge is -2.34. The fourth-order valence-corrected chi connectivity index (χ4v) is 6.73. The molecule has 1 N–H and O–H groups in total. The van der Waals surface area contributed by atoms with Crippen LogP contribution in [0.4, 0.5) is 5.69 Å². The third kappa shape index (κ3) is 8.68. The average molecular weight is 662 g/mol. The zero-order chi connectivity index (χ0) is 33.3. The molecular formula is C36H40ClN3O5S. The third-order valence-corrected chi connectivity index (χ3v) is 9.64. The molecule has 0 aliphatic rings. The molecule has 0 fully saturated rings. The van der Waals surface area contributed by atoms with E-state index in [2.05, 4.69) is 5.32 Å². The highest BCUT2D eigenvalue weighted by atomic mass is 35.5. The summed E-state index contributed by atoms with van der Waals surface area (Å²) in [5, 5.41) is 3.28. The topological polar surface area (TPSA) is 96.0 Å². The van der Waals surface area contributed by atoms with Gasteiger partial charge in [0.1, 0.15) is 18.3 Å². The van der Waals surface area contributed by atoms with Gasteiger partial charge in [0.2, 0.25) is 11.8 Å². The van der Waals surface area contributed by atoms with Crippen molar-refractivity contribution in [2.24, 2.45) is 0 Å². The molecule has 0 saturated heterocycles. The molecule has 0 radical (unpaired) electrons. The van der Waals surface area contributed by atoms with Gasteiger partial charge in [-0.2, -0.15) is 0 Å². The molecule has 0 aliphatic carbocycles. The standard InChI is InChI=1S/C36H40ClN3O5S/c1-5-20-38-36(42)34(22-28-10-7-6-8-11-28)39(24-29-12-9-13-31(21-29)45-4)35(41)25-40(33-23-30(37)17-16-27(33)3)46(43,44)32-18-14-26(2)15-19-32/h6-19,21,23,34H,5,20,22,24-25H2,1-4H3,(H,38,42)/t34-/m1/s1. The predicted molar refractivity (Wildman–Crippen MR) is 183 cm³/mol. The number of amides is 2. The summed E-state index contributed by atoms with van der Waals surface area (Å²) in [4.78, 5) is 29.9. The van der Waals surface area contributed by atoms with Crippen molar-refractivity contribution in [2.45, 2.75) is 51.1 Å². The molecule has 0 aliphatic heterocycles. The van der Waals surface area contributed by atoms with Crippen molar-refractivity contribution in [1.29, 1.82) is 0 Å². The van der Waals surface area contributed by atoms with Gasteiger partial charge in [-0.1, -0.05) is 84.8 Å². The molecule has 46 heavy (non-hydrogen) atoms. The number of hydrogen-bond acceptors (Lipinski definition) is 5. The van der Waals surface area contributed by atoms with E-state index in [9.17, 15) is 18.0 Å². The van der Waals surface area contributed by atoms with Crippen molar-refractivity contribution in [2.75, 3.05) is 24.5 Å². The molecule has 0 spiro atoms. The first-order chi connectivity index (χ1) is 22.0. The van der Waals surface area contributed by atoms with Crippen LogP contribution < -0.4 is 14.4 Å². The van der Waals surface area contributed by atoms with Crippen molar-refractivity contribution >= 4 is 39.1 Å². The van der Waals surface area contributed by atoms with Crippen molar-refractivity contribution in [1.82, 2.24) is 10.2 Å². The van der Waals surface area contributed by atoms with Crippen LogP contribution in [0.15, 0.2) is 102 Å².